The molecule has 0 saturated carbocycles. The number of likely N-dealkylation sites (N-methyl/N-ethyl adjacent to an activating group) is 1. The lowest BCUT2D eigenvalue weighted by Gasteiger charge is -2.28. The van der Waals surface area contributed by atoms with Gasteiger partial charge in [-0.3, -0.25) is 4.79 Å². The predicted molar refractivity (Wildman–Crippen MR) is 98.6 cm³/mol. The zero-order chi connectivity index (χ0) is 19.7. The van der Waals surface area contributed by atoms with E-state index in [1.807, 2.05) is 0 Å². The standard InChI is InChI=1S/C17H29BN2O6/c1-20(12-15(22)13-5-4-6-14(21)11-13)10-8-17(19,16(23)24)7-2-3-9-18(25)26/h4-6,11,15,21-22,25-26H,2-3,7-10,12,19H2,1H3,(H,23,24)/t15-,17+/m0/s1. The number of rotatable bonds is 12. The van der Waals surface area contributed by atoms with E-state index < -0.39 is 24.7 Å². The van der Waals surface area contributed by atoms with Gasteiger partial charge in [0.2, 0.25) is 0 Å². The normalized spacial score (nSPS) is 14.8. The summed E-state index contributed by atoms with van der Waals surface area (Å²) >= 11 is 0. The van der Waals surface area contributed by atoms with E-state index >= 15 is 0 Å². The van der Waals surface area contributed by atoms with Crippen LogP contribution in [0.5, 0.6) is 5.75 Å². The number of phenols is 1. The van der Waals surface area contributed by atoms with Crippen molar-refractivity contribution < 1.29 is 30.2 Å². The molecule has 1 aromatic rings. The molecule has 0 amide bonds. The molecule has 0 fully saturated rings. The highest BCUT2D eigenvalue weighted by molar-refractivity contribution is 6.40. The van der Waals surface area contributed by atoms with Crippen LogP contribution in [-0.2, 0) is 4.79 Å². The van der Waals surface area contributed by atoms with Crippen LogP contribution in [-0.4, -0.2) is 69.0 Å². The van der Waals surface area contributed by atoms with Gasteiger partial charge in [-0.15, -0.1) is 0 Å². The molecule has 146 valence electrons. The van der Waals surface area contributed by atoms with Crippen molar-refractivity contribution in [2.45, 2.75) is 43.6 Å². The van der Waals surface area contributed by atoms with Gasteiger partial charge in [-0.05, 0) is 43.9 Å². The predicted octanol–water partition coefficient (Wildman–Crippen LogP) is 0.173. The van der Waals surface area contributed by atoms with E-state index in [1.54, 1.807) is 24.1 Å². The van der Waals surface area contributed by atoms with E-state index in [1.165, 1.54) is 12.1 Å². The molecule has 0 aromatic heterocycles. The number of aliphatic hydroxyl groups is 1. The monoisotopic (exact) mass is 368 g/mol. The minimum Gasteiger partial charge on any atom is -0.508 e. The van der Waals surface area contributed by atoms with Gasteiger partial charge in [0.15, 0.2) is 0 Å². The van der Waals surface area contributed by atoms with Gasteiger partial charge in [-0.2, -0.15) is 0 Å². The SMILES string of the molecule is CN(CC[C@](N)(CCCCB(O)O)C(=O)O)C[C@H](O)c1cccc(O)c1. The smallest absolute Gasteiger partial charge is 0.451 e. The van der Waals surface area contributed by atoms with Crippen molar-refractivity contribution in [1.82, 2.24) is 4.90 Å². The summed E-state index contributed by atoms with van der Waals surface area (Å²) in [5, 5.41) is 46.8. The molecule has 0 spiro atoms. The van der Waals surface area contributed by atoms with Crippen LogP contribution in [0.2, 0.25) is 6.32 Å². The third-order valence-corrected chi connectivity index (χ3v) is 4.44. The van der Waals surface area contributed by atoms with Crippen LogP contribution in [0.15, 0.2) is 24.3 Å². The molecule has 0 heterocycles. The molecule has 0 aliphatic carbocycles. The molecule has 26 heavy (non-hydrogen) atoms. The summed E-state index contributed by atoms with van der Waals surface area (Å²) in [6, 6.07) is 6.36. The van der Waals surface area contributed by atoms with Crippen molar-refractivity contribution in [2.24, 2.45) is 5.73 Å². The van der Waals surface area contributed by atoms with Gasteiger partial charge in [0.25, 0.3) is 0 Å². The number of benzene rings is 1. The fourth-order valence-electron chi connectivity index (χ4n) is 2.72. The summed E-state index contributed by atoms with van der Waals surface area (Å²) in [4.78, 5) is 13.3. The number of carboxylic acids is 1. The Labute approximate surface area is 154 Å². The maximum absolute atomic E-state index is 11.5. The van der Waals surface area contributed by atoms with Gasteiger partial charge in [-0.1, -0.05) is 25.0 Å². The van der Waals surface area contributed by atoms with Crippen molar-refractivity contribution in [3.8, 4) is 5.75 Å². The Balaban J connectivity index is 2.50. The maximum Gasteiger partial charge on any atom is 0.451 e. The number of aliphatic hydroxyl groups excluding tert-OH is 1. The maximum atomic E-state index is 11.5. The van der Waals surface area contributed by atoms with Crippen LogP contribution < -0.4 is 5.73 Å². The molecule has 1 rings (SSSR count). The highest BCUT2D eigenvalue weighted by Crippen LogP contribution is 2.21. The lowest BCUT2D eigenvalue weighted by atomic mass is 9.81. The molecule has 0 bridgehead atoms. The van der Waals surface area contributed by atoms with Crippen LogP contribution >= 0.6 is 0 Å². The van der Waals surface area contributed by atoms with Crippen LogP contribution in [0.1, 0.15) is 37.4 Å². The van der Waals surface area contributed by atoms with Gasteiger partial charge in [0.1, 0.15) is 11.3 Å². The lowest BCUT2D eigenvalue weighted by Crippen LogP contribution is -2.50. The average Bonchev–Trinajstić information content (AvgIpc) is 2.56. The van der Waals surface area contributed by atoms with Crippen LogP contribution in [0.3, 0.4) is 0 Å². The molecule has 7 N–H and O–H groups in total. The summed E-state index contributed by atoms with van der Waals surface area (Å²) in [6.45, 7) is 0.650. The van der Waals surface area contributed by atoms with E-state index in [9.17, 15) is 20.1 Å². The second kappa shape index (κ2) is 10.5. The van der Waals surface area contributed by atoms with Gasteiger partial charge in [0, 0.05) is 13.1 Å². The van der Waals surface area contributed by atoms with E-state index in [-0.39, 0.29) is 31.5 Å². The highest BCUT2D eigenvalue weighted by Gasteiger charge is 2.33. The number of nitrogens with two attached hydrogens (primary N) is 1. The first-order valence-electron chi connectivity index (χ1n) is 8.68. The number of aromatic hydroxyl groups is 1. The number of carboxylic acid groups (broad SMARTS) is 1. The first-order valence-corrected chi connectivity index (χ1v) is 8.68. The minimum absolute atomic E-state index is 0.0732. The van der Waals surface area contributed by atoms with Gasteiger partial charge < -0.3 is 36.0 Å². The average molecular weight is 368 g/mol. The Kier molecular flexibility index (Phi) is 9.04. The van der Waals surface area contributed by atoms with E-state index in [4.69, 9.17) is 15.8 Å². The van der Waals surface area contributed by atoms with Crippen molar-refractivity contribution >= 4 is 13.1 Å². The van der Waals surface area contributed by atoms with Gasteiger partial charge >= 0.3 is 13.1 Å². The summed E-state index contributed by atoms with van der Waals surface area (Å²) in [5.41, 5.74) is 5.20. The quantitative estimate of drug-likeness (QED) is 0.226. The topological polar surface area (TPSA) is 147 Å². The van der Waals surface area contributed by atoms with Crippen molar-refractivity contribution in [3.05, 3.63) is 29.8 Å². The second-order valence-electron chi connectivity index (χ2n) is 6.81. The molecule has 8 nitrogen and oxygen atoms in total. The fourth-order valence-corrected chi connectivity index (χ4v) is 2.72. The third kappa shape index (κ3) is 7.71. The van der Waals surface area contributed by atoms with Gasteiger partial charge in [-0.25, -0.2) is 0 Å². The Hall–Kier alpha value is -1.65. The molecule has 2 atom stereocenters. The highest BCUT2D eigenvalue weighted by atomic mass is 16.4. The summed E-state index contributed by atoms with van der Waals surface area (Å²) < 4.78 is 0. The molecule has 1 aromatic carbocycles. The Bertz CT molecular complexity index is 574. The largest absolute Gasteiger partial charge is 0.508 e. The molecular weight excluding hydrogens is 339 g/mol. The molecule has 0 radical (unpaired) electrons. The summed E-state index contributed by atoms with van der Waals surface area (Å²) in [5.74, 6) is -1.02. The molecule has 0 aliphatic heterocycles. The summed E-state index contributed by atoms with van der Waals surface area (Å²) in [7, 11) is 0.369. The molecule has 0 aliphatic rings. The number of nitrogens with zero attached hydrogens (tertiary/aromatic N) is 1. The Morgan fingerprint density at radius 2 is 2.00 bits per heavy atom. The third-order valence-electron chi connectivity index (χ3n) is 4.44. The molecule has 9 heteroatoms. The number of unbranched alkanes of at least 4 members (excludes halogenated alkanes) is 1. The molecular formula is C17H29BN2O6. The van der Waals surface area contributed by atoms with Crippen LogP contribution in [0, 0.1) is 0 Å². The van der Waals surface area contributed by atoms with E-state index in [0.29, 0.717) is 24.9 Å². The zero-order valence-electron chi connectivity index (χ0n) is 15.1. The summed E-state index contributed by atoms with van der Waals surface area (Å²) in [6.07, 6.45) is 0.776. The number of hydrogen-bond donors (Lipinski definition) is 6. The van der Waals surface area contributed by atoms with Crippen LogP contribution in [0.4, 0.5) is 0 Å². The first kappa shape index (κ1) is 22.4. The van der Waals surface area contributed by atoms with E-state index in [0.717, 1.165) is 0 Å². The number of phenolic OH excluding ortho intramolecular Hbond substituents is 1. The minimum atomic E-state index is -1.40. The van der Waals surface area contributed by atoms with Crippen LogP contribution in [0.25, 0.3) is 0 Å². The zero-order valence-corrected chi connectivity index (χ0v) is 15.1. The Morgan fingerprint density at radius 1 is 1.31 bits per heavy atom. The number of hydrogen-bond acceptors (Lipinski definition) is 7. The second-order valence-corrected chi connectivity index (χ2v) is 6.81. The Morgan fingerprint density at radius 3 is 2.58 bits per heavy atom. The fraction of sp³-hybridized carbons (Fsp3) is 0.588. The lowest BCUT2D eigenvalue weighted by molar-refractivity contribution is -0.144. The number of aliphatic carboxylic acids is 1. The van der Waals surface area contributed by atoms with Crippen molar-refractivity contribution in [3.63, 3.8) is 0 Å². The first-order chi connectivity index (χ1) is 12.1. The van der Waals surface area contributed by atoms with Gasteiger partial charge in [0.05, 0.1) is 6.10 Å². The van der Waals surface area contributed by atoms with Crippen molar-refractivity contribution in [1.29, 1.82) is 0 Å². The molecule has 0 unspecified atom stereocenters. The van der Waals surface area contributed by atoms with Crippen molar-refractivity contribution in [2.75, 3.05) is 20.1 Å². The van der Waals surface area contributed by atoms with E-state index in [2.05, 4.69) is 0 Å². The molecule has 0 saturated heterocycles. The number of carbonyl (C=O) groups is 1.